The number of carbonyl (C=O) groups is 1. The summed E-state index contributed by atoms with van der Waals surface area (Å²) < 4.78 is 18.3. The quantitative estimate of drug-likeness (QED) is 0.703. The van der Waals surface area contributed by atoms with Crippen LogP contribution < -0.4 is 0 Å². The van der Waals surface area contributed by atoms with Crippen molar-refractivity contribution in [1.29, 1.82) is 0 Å². The Bertz CT molecular complexity index is 712. The molecule has 0 aromatic heterocycles. The van der Waals surface area contributed by atoms with Crippen LogP contribution in [-0.4, -0.2) is 54.8 Å². The fourth-order valence-electron chi connectivity index (χ4n) is 4.83. The number of nitrogens with zero attached hydrogens (tertiary/aromatic N) is 1. The van der Waals surface area contributed by atoms with E-state index in [9.17, 15) is 4.79 Å². The van der Waals surface area contributed by atoms with Gasteiger partial charge in [0.1, 0.15) is 6.61 Å². The third-order valence-corrected chi connectivity index (χ3v) is 5.89. The summed E-state index contributed by atoms with van der Waals surface area (Å²) in [5.74, 6) is -0.968. The number of aryl methyl sites for hydroxylation is 1. The topological polar surface area (TPSA) is 57.2 Å². The molecule has 0 N–H and O–H groups in total. The van der Waals surface area contributed by atoms with Gasteiger partial charge in [0.2, 0.25) is 0 Å². The van der Waals surface area contributed by atoms with Crippen LogP contribution >= 0.6 is 0 Å². The Hall–Kier alpha value is -1.47. The molecule has 2 saturated heterocycles. The predicted molar refractivity (Wildman–Crippen MR) is 110 cm³/mol. The first-order chi connectivity index (χ1) is 13.4. The van der Waals surface area contributed by atoms with Gasteiger partial charge in [-0.05, 0) is 46.8 Å². The smallest absolute Gasteiger partial charge is 0.338 e. The molecule has 0 unspecified atom stereocenters. The van der Waals surface area contributed by atoms with Crippen LogP contribution in [0.3, 0.4) is 0 Å². The summed E-state index contributed by atoms with van der Waals surface area (Å²) in [4.78, 5) is 18.0. The average molecular weight is 406 g/mol. The molecule has 0 atom stereocenters. The van der Waals surface area contributed by atoms with Crippen molar-refractivity contribution >= 4 is 5.97 Å². The van der Waals surface area contributed by atoms with Crippen molar-refractivity contribution in [2.24, 2.45) is 5.41 Å². The highest BCUT2D eigenvalue weighted by molar-refractivity contribution is 5.89. The minimum Gasteiger partial charge on any atom is -0.461 e. The van der Waals surface area contributed by atoms with Crippen LogP contribution in [0, 0.1) is 12.3 Å². The van der Waals surface area contributed by atoms with E-state index in [4.69, 9.17) is 19.0 Å². The monoisotopic (exact) mass is 405 g/mol. The van der Waals surface area contributed by atoms with Crippen molar-refractivity contribution < 1.29 is 23.8 Å². The van der Waals surface area contributed by atoms with Gasteiger partial charge in [0, 0.05) is 29.3 Å². The van der Waals surface area contributed by atoms with E-state index >= 15 is 0 Å². The number of ether oxygens (including phenoxy) is 3. The molecule has 1 aromatic rings. The lowest BCUT2D eigenvalue weighted by Gasteiger charge is -2.59. The molecule has 0 bridgehead atoms. The summed E-state index contributed by atoms with van der Waals surface area (Å²) in [6.07, 6.45) is 1.41. The van der Waals surface area contributed by atoms with E-state index in [-0.39, 0.29) is 29.1 Å². The lowest BCUT2D eigenvalue weighted by molar-refractivity contribution is -0.378. The first-order valence-electron chi connectivity index (χ1n) is 10.3. The molecule has 1 aromatic carbocycles. The van der Waals surface area contributed by atoms with Crippen molar-refractivity contribution in [3.63, 3.8) is 0 Å². The highest BCUT2D eigenvalue weighted by Gasteiger charge is 2.57. The van der Waals surface area contributed by atoms with E-state index < -0.39 is 5.79 Å². The number of carbonyl (C=O) groups excluding carboxylic acids is 1. The zero-order valence-electron chi connectivity index (χ0n) is 18.8. The minimum absolute atomic E-state index is 0.234. The Morgan fingerprint density at radius 3 is 2.00 bits per heavy atom. The zero-order valence-corrected chi connectivity index (χ0v) is 18.8. The molecule has 0 amide bonds. The molecule has 1 spiro atoms. The van der Waals surface area contributed by atoms with Gasteiger partial charge in [0.05, 0.1) is 25.9 Å². The Kier molecular flexibility index (Phi) is 5.86. The Morgan fingerprint density at radius 1 is 1.00 bits per heavy atom. The van der Waals surface area contributed by atoms with Gasteiger partial charge in [0.25, 0.3) is 0 Å². The minimum atomic E-state index is -0.650. The molecule has 0 aliphatic carbocycles. The van der Waals surface area contributed by atoms with Crippen LogP contribution in [0.25, 0.3) is 0 Å². The van der Waals surface area contributed by atoms with Crippen LogP contribution in [0.4, 0.5) is 0 Å². The molecule has 6 nitrogen and oxygen atoms in total. The molecule has 29 heavy (non-hydrogen) atoms. The summed E-state index contributed by atoms with van der Waals surface area (Å²) in [7, 11) is 1.71. The summed E-state index contributed by atoms with van der Waals surface area (Å²) in [5.41, 5.74) is 0.824. The molecule has 2 aliphatic heterocycles. The number of benzene rings is 1. The Labute approximate surface area is 174 Å². The lowest BCUT2D eigenvalue weighted by atomic mass is 9.77. The third-order valence-electron chi connectivity index (χ3n) is 5.89. The standard InChI is InChI=1S/C23H35NO5/c1-17-8-10-18(11-9-17)19(25)27-14-22(6)15-28-23(29-16-22)12-20(2,3)24(26-7)21(4,5)13-23/h8-11H,12-16H2,1-7H3. The van der Waals surface area contributed by atoms with E-state index in [0.29, 0.717) is 31.6 Å². The molecule has 0 saturated carbocycles. The van der Waals surface area contributed by atoms with Crippen LogP contribution in [-0.2, 0) is 19.0 Å². The van der Waals surface area contributed by atoms with Gasteiger partial charge in [-0.15, -0.1) is 0 Å². The second-order valence-electron chi connectivity index (χ2n) is 10.2. The summed E-state index contributed by atoms with van der Waals surface area (Å²) in [6.45, 7) is 13.8. The fourth-order valence-corrected chi connectivity index (χ4v) is 4.83. The number of hydrogen-bond acceptors (Lipinski definition) is 6. The lowest BCUT2D eigenvalue weighted by Crippen LogP contribution is -2.68. The molecule has 6 heteroatoms. The van der Waals surface area contributed by atoms with E-state index in [2.05, 4.69) is 27.7 Å². The van der Waals surface area contributed by atoms with Crippen molar-refractivity contribution in [3.8, 4) is 0 Å². The fraction of sp³-hybridized carbons (Fsp3) is 0.696. The SMILES string of the molecule is CON1C(C)(C)CC2(CC1(C)C)OCC(C)(COC(=O)c1ccc(C)cc1)CO2. The average Bonchev–Trinajstić information content (AvgIpc) is 2.62. The van der Waals surface area contributed by atoms with E-state index in [1.54, 1.807) is 19.2 Å². The second-order valence-corrected chi connectivity index (χ2v) is 10.2. The molecular formula is C23H35NO5. The first-order valence-corrected chi connectivity index (χ1v) is 10.3. The van der Waals surface area contributed by atoms with Crippen LogP contribution in [0.2, 0.25) is 0 Å². The maximum absolute atomic E-state index is 12.4. The first kappa shape index (κ1) is 22.2. The van der Waals surface area contributed by atoms with Gasteiger partial charge in [-0.3, -0.25) is 0 Å². The number of hydrogen-bond donors (Lipinski definition) is 0. The zero-order chi connectivity index (χ0) is 21.5. The van der Waals surface area contributed by atoms with Gasteiger partial charge in [-0.1, -0.05) is 24.6 Å². The molecule has 0 radical (unpaired) electrons. The molecule has 2 heterocycles. The summed E-state index contributed by atoms with van der Waals surface area (Å²) >= 11 is 0. The van der Waals surface area contributed by atoms with E-state index in [1.165, 1.54) is 0 Å². The second kappa shape index (κ2) is 7.65. The number of esters is 1. The largest absolute Gasteiger partial charge is 0.461 e. The van der Waals surface area contributed by atoms with Crippen molar-refractivity contribution in [3.05, 3.63) is 35.4 Å². The number of piperidine rings is 1. The highest BCUT2D eigenvalue weighted by Crippen LogP contribution is 2.48. The number of hydroxylamine groups is 2. The van der Waals surface area contributed by atoms with Gasteiger partial charge in [0.15, 0.2) is 5.79 Å². The van der Waals surface area contributed by atoms with Gasteiger partial charge in [-0.2, -0.15) is 5.06 Å². The van der Waals surface area contributed by atoms with Gasteiger partial charge < -0.3 is 19.0 Å². The maximum atomic E-state index is 12.4. The molecular weight excluding hydrogens is 370 g/mol. The van der Waals surface area contributed by atoms with E-state index in [1.807, 2.05) is 31.0 Å². The Morgan fingerprint density at radius 2 is 1.52 bits per heavy atom. The maximum Gasteiger partial charge on any atom is 0.338 e. The summed E-state index contributed by atoms with van der Waals surface area (Å²) in [6, 6.07) is 7.39. The van der Waals surface area contributed by atoms with Crippen molar-refractivity contribution in [2.75, 3.05) is 26.9 Å². The Balaban J connectivity index is 1.61. The van der Waals surface area contributed by atoms with Crippen LogP contribution in [0.15, 0.2) is 24.3 Å². The predicted octanol–water partition coefficient (Wildman–Crippen LogP) is 4.12. The van der Waals surface area contributed by atoms with Crippen molar-refractivity contribution in [1.82, 2.24) is 5.06 Å². The van der Waals surface area contributed by atoms with Gasteiger partial charge >= 0.3 is 5.97 Å². The summed E-state index contributed by atoms with van der Waals surface area (Å²) in [5, 5.41) is 2.04. The number of rotatable bonds is 4. The molecule has 3 rings (SSSR count). The third kappa shape index (κ3) is 4.66. The van der Waals surface area contributed by atoms with E-state index in [0.717, 1.165) is 5.56 Å². The molecule has 2 aliphatic rings. The van der Waals surface area contributed by atoms with Crippen molar-refractivity contribution in [2.45, 2.75) is 71.2 Å². The highest BCUT2D eigenvalue weighted by atomic mass is 16.7. The molecule has 2 fully saturated rings. The van der Waals surface area contributed by atoms with Crippen LogP contribution in [0.5, 0.6) is 0 Å². The molecule has 162 valence electrons. The van der Waals surface area contributed by atoms with Crippen LogP contribution in [0.1, 0.15) is 63.4 Å². The normalized spacial score (nSPS) is 24.9. The van der Waals surface area contributed by atoms with Gasteiger partial charge in [-0.25, -0.2) is 4.79 Å².